The van der Waals surface area contributed by atoms with E-state index in [0.717, 1.165) is 45.3 Å². The third-order valence-corrected chi connectivity index (χ3v) is 7.25. The Labute approximate surface area is 245 Å². The molecular weight excluding hydrogens is 512 g/mol. The van der Waals surface area contributed by atoms with Crippen LogP contribution in [-0.4, -0.2) is 14.8 Å². The number of hydrogen-bond acceptors (Lipinski definition) is 3. The largest absolute Gasteiger partial charge is 0.311 e. The summed E-state index contributed by atoms with van der Waals surface area (Å²) in [6, 6.07) is 58.4. The molecule has 0 atom stereocenters. The van der Waals surface area contributed by atoms with Crippen LogP contribution in [-0.2, 0) is 0 Å². The molecule has 0 aliphatic heterocycles. The molecule has 4 nitrogen and oxygen atoms in total. The summed E-state index contributed by atoms with van der Waals surface area (Å²) in [5.74, 6) is 1.48. The average molecular weight is 541 g/mol. The highest BCUT2D eigenvalue weighted by molar-refractivity contribution is 5.77. The lowest BCUT2D eigenvalue weighted by atomic mass is 10.0. The van der Waals surface area contributed by atoms with Crippen LogP contribution in [0.3, 0.4) is 0 Å². The Kier molecular flexibility index (Phi) is 6.85. The highest BCUT2D eigenvalue weighted by Crippen LogP contribution is 2.35. The first-order chi connectivity index (χ1) is 20.8. The fourth-order valence-corrected chi connectivity index (χ4v) is 5.20. The van der Waals surface area contributed by atoms with Gasteiger partial charge in [-0.1, -0.05) is 115 Å². The van der Waals surface area contributed by atoms with Crippen LogP contribution in [0.25, 0.3) is 39.6 Å². The molecule has 0 fully saturated rings. The van der Waals surface area contributed by atoms with E-state index in [1.807, 2.05) is 53.2 Å². The molecule has 0 aliphatic rings. The summed E-state index contributed by atoms with van der Waals surface area (Å²) in [5.41, 5.74) is 8.49. The molecule has 0 aliphatic carbocycles. The Morgan fingerprint density at radius 3 is 1.48 bits per heavy atom. The highest BCUT2D eigenvalue weighted by Gasteiger charge is 2.17. The Hall–Kier alpha value is -5.74. The minimum atomic E-state index is 0.690. The number of nitrogens with zero attached hydrogens (tertiary/aromatic N) is 4. The van der Waals surface area contributed by atoms with Gasteiger partial charge in [0.05, 0.1) is 5.69 Å². The fourth-order valence-electron chi connectivity index (χ4n) is 5.20. The maximum Gasteiger partial charge on any atom is 0.182 e. The van der Waals surface area contributed by atoms with Crippen LogP contribution in [0.15, 0.2) is 170 Å². The van der Waals surface area contributed by atoms with Crippen molar-refractivity contribution < 1.29 is 0 Å². The molecule has 200 valence electrons. The molecule has 6 aromatic carbocycles. The van der Waals surface area contributed by atoms with Crippen molar-refractivity contribution in [2.75, 3.05) is 4.90 Å². The molecular formula is C38H28N4. The Bertz CT molecular complexity index is 1860. The molecule has 1 heterocycles. The van der Waals surface area contributed by atoms with Crippen LogP contribution in [0.1, 0.15) is 0 Å². The SMILES string of the molecule is c1ccc(-c2cccc(-c3nc(-c4ccccc4)nn3-c3ccc(N(c4ccccc4)c4ccccc4)cc3)c2)cc1. The quantitative estimate of drug-likeness (QED) is 0.202. The molecule has 0 saturated carbocycles. The molecule has 4 heteroatoms. The fraction of sp³-hybridized carbons (Fsp3) is 0. The van der Waals surface area contributed by atoms with Gasteiger partial charge in [-0.25, -0.2) is 9.67 Å². The molecule has 0 saturated heterocycles. The van der Waals surface area contributed by atoms with Gasteiger partial charge in [0.2, 0.25) is 0 Å². The lowest BCUT2D eigenvalue weighted by Crippen LogP contribution is -2.10. The van der Waals surface area contributed by atoms with Crippen LogP contribution in [0.4, 0.5) is 17.1 Å². The van der Waals surface area contributed by atoms with Gasteiger partial charge in [-0.05, 0) is 65.7 Å². The normalized spacial score (nSPS) is 10.9. The zero-order valence-electron chi connectivity index (χ0n) is 23.0. The van der Waals surface area contributed by atoms with Crippen molar-refractivity contribution in [1.29, 1.82) is 0 Å². The van der Waals surface area contributed by atoms with Crippen molar-refractivity contribution in [3.05, 3.63) is 170 Å². The molecule has 42 heavy (non-hydrogen) atoms. The summed E-state index contributed by atoms with van der Waals surface area (Å²) in [6.07, 6.45) is 0. The predicted molar refractivity (Wildman–Crippen MR) is 172 cm³/mol. The third-order valence-electron chi connectivity index (χ3n) is 7.25. The second-order valence-electron chi connectivity index (χ2n) is 10.0. The molecule has 7 aromatic rings. The lowest BCUT2D eigenvalue weighted by molar-refractivity contribution is 0.890. The van der Waals surface area contributed by atoms with Gasteiger partial charge >= 0.3 is 0 Å². The van der Waals surface area contributed by atoms with Crippen LogP contribution in [0, 0.1) is 0 Å². The van der Waals surface area contributed by atoms with E-state index in [-0.39, 0.29) is 0 Å². The van der Waals surface area contributed by atoms with E-state index in [2.05, 4.69) is 126 Å². The van der Waals surface area contributed by atoms with Gasteiger partial charge in [0.1, 0.15) is 0 Å². The van der Waals surface area contributed by atoms with Gasteiger partial charge in [-0.15, -0.1) is 5.10 Å². The van der Waals surface area contributed by atoms with Crippen molar-refractivity contribution in [3.63, 3.8) is 0 Å². The standard InChI is InChI=1S/C38H28N4/c1-5-14-29(15-6-1)31-18-13-19-32(28-31)38-39-37(30-16-7-2-8-17-30)40-42(38)36-26-24-35(25-27-36)41(33-20-9-3-10-21-33)34-22-11-4-12-23-34/h1-28H. The first-order valence-corrected chi connectivity index (χ1v) is 14.0. The van der Waals surface area contributed by atoms with Crippen LogP contribution in [0.2, 0.25) is 0 Å². The number of hydrogen-bond donors (Lipinski definition) is 0. The zero-order chi connectivity index (χ0) is 28.1. The number of para-hydroxylation sites is 2. The van der Waals surface area contributed by atoms with Gasteiger partial charge < -0.3 is 4.90 Å². The summed E-state index contributed by atoms with van der Waals surface area (Å²) in [4.78, 5) is 7.31. The van der Waals surface area contributed by atoms with Crippen LogP contribution >= 0.6 is 0 Å². The molecule has 7 rings (SSSR count). The van der Waals surface area contributed by atoms with E-state index >= 15 is 0 Å². The third kappa shape index (κ3) is 5.09. The Morgan fingerprint density at radius 1 is 0.405 bits per heavy atom. The maximum atomic E-state index is 5.06. The summed E-state index contributed by atoms with van der Waals surface area (Å²) in [5, 5.41) is 5.01. The van der Waals surface area contributed by atoms with E-state index in [9.17, 15) is 0 Å². The molecule has 0 N–H and O–H groups in total. The van der Waals surface area contributed by atoms with Gasteiger partial charge in [0.25, 0.3) is 0 Å². The van der Waals surface area contributed by atoms with Crippen LogP contribution in [0.5, 0.6) is 0 Å². The summed E-state index contributed by atoms with van der Waals surface area (Å²) < 4.78 is 1.95. The van der Waals surface area contributed by atoms with Crippen molar-refractivity contribution >= 4 is 17.1 Å². The van der Waals surface area contributed by atoms with Gasteiger partial charge in [-0.2, -0.15) is 0 Å². The molecule has 0 unspecified atom stereocenters. The van der Waals surface area contributed by atoms with E-state index in [1.165, 1.54) is 5.56 Å². The minimum absolute atomic E-state index is 0.690. The molecule has 0 amide bonds. The number of anilines is 3. The maximum absolute atomic E-state index is 5.06. The highest BCUT2D eigenvalue weighted by atomic mass is 15.4. The first-order valence-electron chi connectivity index (χ1n) is 14.0. The van der Waals surface area contributed by atoms with E-state index in [4.69, 9.17) is 10.1 Å². The topological polar surface area (TPSA) is 34.0 Å². The summed E-state index contributed by atoms with van der Waals surface area (Å²) in [7, 11) is 0. The molecule has 1 aromatic heterocycles. The van der Waals surface area contributed by atoms with Gasteiger partial charge in [0.15, 0.2) is 11.6 Å². The molecule has 0 spiro atoms. The number of rotatable bonds is 7. The van der Waals surface area contributed by atoms with Crippen molar-refractivity contribution in [1.82, 2.24) is 14.8 Å². The smallest absolute Gasteiger partial charge is 0.182 e. The van der Waals surface area contributed by atoms with Crippen LogP contribution < -0.4 is 4.90 Å². The zero-order valence-corrected chi connectivity index (χ0v) is 23.0. The molecule has 0 radical (unpaired) electrons. The van der Waals surface area contributed by atoms with Crippen molar-refractivity contribution in [2.45, 2.75) is 0 Å². The monoisotopic (exact) mass is 540 g/mol. The summed E-state index contributed by atoms with van der Waals surface area (Å²) in [6.45, 7) is 0. The minimum Gasteiger partial charge on any atom is -0.311 e. The van der Waals surface area contributed by atoms with E-state index in [1.54, 1.807) is 0 Å². The van der Waals surface area contributed by atoms with Gasteiger partial charge in [-0.3, -0.25) is 0 Å². The Morgan fingerprint density at radius 2 is 0.881 bits per heavy atom. The second-order valence-corrected chi connectivity index (χ2v) is 10.0. The Balaban J connectivity index is 1.33. The first kappa shape index (κ1) is 25.2. The second kappa shape index (κ2) is 11.4. The van der Waals surface area contributed by atoms with E-state index < -0.39 is 0 Å². The number of aromatic nitrogens is 3. The molecule has 0 bridgehead atoms. The average Bonchev–Trinajstić information content (AvgIpc) is 3.53. The summed E-state index contributed by atoms with van der Waals surface area (Å²) >= 11 is 0. The van der Waals surface area contributed by atoms with Crippen molar-refractivity contribution in [2.24, 2.45) is 0 Å². The van der Waals surface area contributed by atoms with Gasteiger partial charge in [0, 0.05) is 28.2 Å². The predicted octanol–water partition coefficient (Wildman–Crippen LogP) is 9.74. The van der Waals surface area contributed by atoms with Crippen molar-refractivity contribution in [3.8, 4) is 39.6 Å². The lowest BCUT2D eigenvalue weighted by Gasteiger charge is -2.25. The van der Waals surface area contributed by atoms with E-state index in [0.29, 0.717) is 5.82 Å². The number of benzene rings is 6.